The van der Waals surface area contributed by atoms with Crippen LogP contribution >= 0.6 is 0 Å². The van der Waals surface area contributed by atoms with E-state index in [0.29, 0.717) is 6.42 Å². The Morgan fingerprint density at radius 2 is 1.52 bits per heavy atom. The van der Waals surface area contributed by atoms with Crippen molar-refractivity contribution in [3.8, 4) is 12.1 Å². The molecule has 0 atom stereocenters. The number of hydrogen-bond donors (Lipinski definition) is 0. The molecule has 0 amide bonds. The predicted molar refractivity (Wildman–Crippen MR) is 84.1 cm³/mol. The van der Waals surface area contributed by atoms with Gasteiger partial charge in [-0.3, -0.25) is 0 Å². The maximum Gasteiger partial charge on any atom is 0.133 e. The average molecular weight is 272 g/mol. The lowest BCUT2D eigenvalue weighted by molar-refractivity contribution is 1.01. The molecule has 0 spiro atoms. The molecule has 0 radical (unpaired) electrons. The lowest BCUT2D eigenvalue weighted by Crippen LogP contribution is -1.94. The van der Waals surface area contributed by atoms with Gasteiger partial charge >= 0.3 is 0 Å². The zero-order valence-corrected chi connectivity index (χ0v) is 12.0. The number of rotatable bonds is 4. The maximum absolute atomic E-state index is 9.18. The highest BCUT2D eigenvalue weighted by Gasteiger charge is 2.09. The van der Waals surface area contributed by atoms with Crippen LogP contribution in [0.3, 0.4) is 0 Å². The van der Waals surface area contributed by atoms with Crippen LogP contribution in [0.5, 0.6) is 0 Å². The van der Waals surface area contributed by atoms with Gasteiger partial charge in [-0.1, -0.05) is 60.2 Å². The second-order valence-corrected chi connectivity index (χ2v) is 4.93. The fourth-order valence-electron chi connectivity index (χ4n) is 2.24. The van der Waals surface area contributed by atoms with Gasteiger partial charge in [-0.15, -0.1) is 0 Å². The van der Waals surface area contributed by atoms with E-state index in [2.05, 4.69) is 12.1 Å². The molecule has 0 aliphatic carbocycles. The molecule has 0 bridgehead atoms. The monoisotopic (exact) mass is 272 g/mol. The molecule has 0 heterocycles. The molecule has 102 valence electrons. The Morgan fingerprint density at radius 1 is 0.905 bits per heavy atom. The largest absolute Gasteiger partial charge is 0.192 e. The van der Waals surface area contributed by atoms with Gasteiger partial charge < -0.3 is 0 Å². The summed E-state index contributed by atoms with van der Waals surface area (Å²) in [6, 6.07) is 22.1. The molecule has 2 nitrogen and oxygen atoms in total. The quantitative estimate of drug-likeness (QED) is 0.773. The molecular weight excluding hydrogens is 256 g/mol. The van der Waals surface area contributed by atoms with Crippen molar-refractivity contribution in [2.75, 3.05) is 0 Å². The van der Waals surface area contributed by atoms with Gasteiger partial charge in [-0.25, -0.2) is 0 Å². The van der Waals surface area contributed by atoms with Gasteiger partial charge in [0.15, 0.2) is 0 Å². The molecule has 0 saturated heterocycles. The first-order valence-electron chi connectivity index (χ1n) is 6.89. The van der Waals surface area contributed by atoms with Crippen molar-refractivity contribution in [3.63, 3.8) is 0 Å². The standard InChI is InChI=1S/C19H16N2/c1-15-7-10-17(11-8-15)19(18(13-20)14-21)12-9-16-5-3-2-4-6-16/h2-8,10-11H,9,12H2,1H3. The third-order valence-electron chi connectivity index (χ3n) is 3.43. The summed E-state index contributed by atoms with van der Waals surface area (Å²) in [6.07, 6.45) is 1.50. The highest BCUT2D eigenvalue weighted by molar-refractivity contribution is 5.75. The van der Waals surface area contributed by atoms with Crippen LogP contribution in [0.2, 0.25) is 0 Å². The summed E-state index contributed by atoms with van der Waals surface area (Å²) in [7, 11) is 0. The molecular formula is C19H16N2. The summed E-state index contributed by atoms with van der Waals surface area (Å²) in [5.74, 6) is 0. The van der Waals surface area contributed by atoms with Gasteiger partial charge in [0.1, 0.15) is 17.7 Å². The van der Waals surface area contributed by atoms with Crippen LogP contribution in [0.25, 0.3) is 5.57 Å². The van der Waals surface area contributed by atoms with Gasteiger partial charge in [-0.05, 0) is 36.5 Å². The smallest absolute Gasteiger partial charge is 0.133 e. The van der Waals surface area contributed by atoms with Crippen LogP contribution in [0.15, 0.2) is 60.2 Å². The van der Waals surface area contributed by atoms with Crippen molar-refractivity contribution < 1.29 is 0 Å². The zero-order chi connectivity index (χ0) is 15.1. The number of aryl methyl sites for hydroxylation is 2. The fraction of sp³-hybridized carbons (Fsp3) is 0.158. The highest BCUT2D eigenvalue weighted by atomic mass is 14.3. The van der Waals surface area contributed by atoms with E-state index in [1.807, 2.05) is 61.5 Å². The summed E-state index contributed by atoms with van der Waals surface area (Å²) in [4.78, 5) is 0. The molecule has 0 aliphatic heterocycles. The maximum atomic E-state index is 9.18. The molecule has 0 fully saturated rings. The van der Waals surface area contributed by atoms with Crippen LogP contribution in [-0.2, 0) is 6.42 Å². The Morgan fingerprint density at radius 3 is 2.10 bits per heavy atom. The van der Waals surface area contributed by atoms with E-state index in [1.165, 1.54) is 5.56 Å². The topological polar surface area (TPSA) is 47.6 Å². The summed E-state index contributed by atoms with van der Waals surface area (Å²) in [5, 5.41) is 18.4. The molecule has 2 heteroatoms. The third kappa shape index (κ3) is 3.81. The Bertz CT molecular complexity index is 695. The van der Waals surface area contributed by atoms with Crippen LogP contribution in [-0.4, -0.2) is 0 Å². The second-order valence-electron chi connectivity index (χ2n) is 4.93. The van der Waals surface area contributed by atoms with Gasteiger partial charge in [0, 0.05) is 0 Å². The van der Waals surface area contributed by atoms with Crippen LogP contribution < -0.4 is 0 Å². The van der Waals surface area contributed by atoms with Crippen LogP contribution in [0.1, 0.15) is 23.1 Å². The van der Waals surface area contributed by atoms with E-state index in [-0.39, 0.29) is 5.57 Å². The average Bonchev–Trinajstić information content (AvgIpc) is 2.53. The molecule has 0 saturated carbocycles. The number of nitrogens with zero attached hydrogens (tertiary/aromatic N) is 2. The minimum atomic E-state index is 0.204. The Hall–Kier alpha value is -2.84. The molecule has 0 aliphatic rings. The lowest BCUT2D eigenvalue weighted by Gasteiger charge is -2.09. The highest BCUT2D eigenvalue weighted by Crippen LogP contribution is 2.24. The summed E-state index contributed by atoms with van der Waals surface area (Å²) in [5.41, 5.74) is 4.35. The normalized spacial score (nSPS) is 9.48. The Labute approximate surface area is 125 Å². The first-order chi connectivity index (χ1) is 10.2. The predicted octanol–water partition coefficient (Wildman–Crippen LogP) is 4.43. The van der Waals surface area contributed by atoms with Crippen molar-refractivity contribution in [1.29, 1.82) is 10.5 Å². The van der Waals surface area contributed by atoms with Gasteiger partial charge in [-0.2, -0.15) is 10.5 Å². The first kappa shape index (κ1) is 14.6. The van der Waals surface area contributed by atoms with Crippen molar-refractivity contribution in [2.24, 2.45) is 0 Å². The molecule has 2 aromatic rings. The Kier molecular flexibility index (Phi) is 4.91. The van der Waals surface area contributed by atoms with E-state index in [0.717, 1.165) is 23.1 Å². The molecule has 2 aromatic carbocycles. The molecule has 0 N–H and O–H groups in total. The summed E-state index contributed by atoms with van der Waals surface area (Å²) in [6.45, 7) is 2.02. The van der Waals surface area contributed by atoms with Crippen LogP contribution in [0, 0.1) is 29.6 Å². The van der Waals surface area contributed by atoms with Gasteiger partial charge in [0.05, 0.1) is 0 Å². The number of nitriles is 2. The van der Waals surface area contributed by atoms with E-state index < -0.39 is 0 Å². The van der Waals surface area contributed by atoms with Crippen molar-refractivity contribution >= 4 is 5.57 Å². The molecule has 21 heavy (non-hydrogen) atoms. The van der Waals surface area contributed by atoms with E-state index >= 15 is 0 Å². The summed E-state index contributed by atoms with van der Waals surface area (Å²) < 4.78 is 0. The Balaban J connectivity index is 2.31. The number of hydrogen-bond acceptors (Lipinski definition) is 2. The van der Waals surface area contributed by atoms with E-state index in [4.69, 9.17) is 0 Å². The first-order valence-corrected chi connectivity index (χ1v) is 6.89. The second kappa shape index (κ2) is 7.08. The van der Waals surface area contributed by atoms with E-state index in [9.17, 15) is 10.5 Å². The zero-order valence-electron chi connectivity index (χ0n) is 12.0. The number of allylic oxidation sites excluding steroid dienone is 2. The van der Waals surface area contributed by atoms with E-state index in [1.54, 1.807) is 0 Å². The van der Waals surface area contributed by atoms with Crippen molar-refractivity contribution in [3.05, 3.63) is 76.9 Å². The third-order valence-corrected chi connectivity index (χ3v) is 3.43. The molecule has 2 rings (SSSR count). The number of benzene rings is 2. The molecule has 0 aromatic heterocycles. The minimum absolute atomic E-state index is 0.204. The fourth-order valence-corrected chi connectivity index (χ4v) is 2.24. The minimum Gasteiger partial charge on any atom is -0.192 e. The SMILES string of the molecule is Cc1ccc(C(CCc2ccccc2)=C(C#N)C#N)cc1. The van der Waals surface area contributed by atoms with Crippen molar-refractivity contribution in [1.82, 2.24) is 0 Å². The molecule has 0 unspecified atom stereocenters. The van der Waals surface area contributed by atoms with Crippen molar-refractivity contribution in [2.45, 2.75) is 19.8 Å². The lowest BCUT2D eigenvalue weighted by atomic mass is 9.94. The van der Waals surface area contributed by atoms with Gasteiger partial charge in [0.25, 0.3) is 0 Å². The van der Waals surface area contributed by atoms with Gasteiger partial charge in [0.2, 0.25) is 0 Å². The van der Waals surface area contributed by atoms with Crippen LogP contribution in [0.4, 0.5) is 0 Å². The summed E-state index contributed by atoms with van der Waals surface area (Å²) >= 11 is 0.